The van der Waals surface area contributed by atoms with Gasteiger partial charge >= 0.3 is 5.97 Å². The predicted octanol–water partition coefficient (Wildman–Crippen LogP) is 1.75. The van der Waals surface area contributed by atoms with Crippen LogP contribution in [0.15, 0.2) is 0 Å². The molecule has 17 heavy (non-hydrogen) atoms. The van der Waals surface area contributed by atoms with Crippen molar-refractivity contribution < 1.29 is 14.7 Å². The second-order valence-corrected chi connectivity index (χ2v) is 5.83. The van der Waals surface area contributed by atoms with Crippen molar-refractivity contribution >= 4 is 11.9 Å². The number of nitrogens with zero attached hydrogens (tertiary/aromatic N) is 1. The predicted molar refractivity (Wildman–Crippen MR) is 63.4 cm³/mol. The van der Waals surface area contributed by atoms with Crippen molar-refractivity contribution in [1.82, 2.24) is 4.90 Å². The fourth-order valence-electron chi connectivity index (χ4n) is 2.64. The van der Waals surface area contributed by atoms with E-state index in [9.17, 15) is 14.7 Å². The lowest BCUT2D eigenvalue weighted by Gasteiger charge is -2.28. The van der Waals surface area contributed by atoms with E-state index in [0.717, 1.165) is 12.8 Å². The van der Waals surface area contributed by atoms with Gasteiger partial charge in [0.15, 0.2) is 0 Å². The number of likely N-dealkylation sites (tertiary alicyclic amines) is 1. The van der Waals surface area contributed by atoms with Gasteiger partial charge in [-0.1, -0.05) is 13.8 Å². The molecule has 2 aliphatic rings. The Hall–Kier alpha value is -1.06. The largest absolute Gasteiger partial charge is 0.481 e. The lowest BCUT2D eigenvalue weighted by molar-refractivity contribution is -0.151. The minimum Gasteiger partial charge on any atom is -0.481 e. The van der Waals surface area contributed by atoms with Gasteiger partial charge in [-0.15, -0.1) is 0 Å². The molecular formula is C13H21NO3. The topological polar surface area (TPSA) is 57.6 Å². The fraction of sp³-hybridized carbons (Fsp3) is 0.846. The molecule has 1 atom stereocenters. The summed E-state index contributed by atoms with van der Waals surface area (Å²) in [6, 6.07) is 0. The van der Waals surface area contributed by atoms with Gasteiger partial charge in [0.2, 0.25) is 5.91 Å². The first-order valence-electron chi connectivity index (χ1n) is 6.47. The van der Waals surface area contributed by atoms with Gasteiger partial charge in [0, 0.05) is 19.5 Å². The third-order valence-electron chi connectivity index (χ3n) is 4.34. The molecule has 4 heteroatoms. The maximum atomic E-state index is 12.0. The van der Waals surface area contributed by atoms with E-state index in [4.69, 9.17) is 0 Å². The van der Waals surface area contributed by atoms with Gasteiger partial charge in [-0.3, -0.25) is 9.59 Å². The summed E-state index contributed by atoms with van der Waals surface area (Å²) in [6.45, 7) is 4.87. The molecule has 1 aliphatic heterocycles. The lowest BCUT2D eigenvalue weighted by Crippen LogP contribution is -2.40. The first-order chi connectivity index (χ1) is 7.95. The summed E-state index contributed by atoms with van der Waals surface area (Å²) in [5, 5.41) is 9.39. The third kappa shape index (κ3) is 2.31. The second kappa shape index (κ2) is 4.31. The van der Waals surface area contributed by atoms with Crippen LogP contribution in [0, 0.1) is 17.3 Å². The Morgan fingerprint density at radius 2 is 2.06 bits per heavy atom. The standard InChI is InChI=1S/C13H21NO3/c1-9(2)13(12(16)17)5-6-14(8-13)11(15)7-10-3-4-10/h9-10H,3-8H2,1-2H3,(H,16,17). The average molecular weight is 239 g/mol. The van der Waals surface area contributed by atoms with Crippen LogP contribution in [0.5, 0.6) is 0 Å². The van der Waals surface area contributed by atoms with Crippen molar-refractivity contribution in [2.24, 2.45) is 17.3 Å². The van der Waals surface area contributed by atoms with Gasteiger partial charge in [0.25, 0.3) is 0 Å². The van der Waals surface area contributed by atoms with Crippen molar-refractivity contribution in [3.8, 4) is 0 Å². The molecule has 2 rings (SSSR count). The highest BCUT2D eigenvalue weighted by molar-refractivity contribution is 5.81. The summed E-state index contributed by atoms with van der Waals surface area (Å²) in [5.74, 6) is 0.0330. The third-order valence-corrected chi connectivity index (χ3v) is 4.34. The van der Waals surface area contributed by atoms with Crippen molar-refractivity contribution in [1.29, 1.82) is 0 Å². The lowest BCUT2D eigenvalue weighted by atomic mass is 9.76. The highest BCUT2D eigenvalue weighted by Crippen LogP contribution is 2.39. The molecule has 1 saturated heterocycles. The van der Waals surface area contributed by atoms with Gasteiger partial charge in [-0.2, -0.15) is 0 Å². The Labute approximate surface area is 102 Å². The van der Waals surface area contributed by atoms with Gasteiger partial charge in [-0.25, -0.2) is 0 Å². The van der Waals surface area contributed by atoms with Gasteiger partial charge in [0.1, 0.15) is 0 Å². The number of carboxylic acid groups (broad SMARTS) is 1. The summed E-state index contributed by atoms with van der Waals surface area (Å²) in [6.07, 6.45) is 3.53. The number of hydrogen-bond donors (Lipinski definition) is 1. The molecule has 1 heterocycles. The number of rotatable bonds is 4. The van der Waals surface area contributed by atoms with E-state index < -0.39 is 11.4 Å². The molecule has 2 fully saturated rings. The van der Waals surface area contributed by atoms with Crippen LogP contribution in [-0.4, -0.2) is 35.0 Å². The first kappa shape index (κ1) is 12.4. The Kier molecular flexibility index (Phi) is 3.15. The first-order valence-corrected chi connectivity index (χ1v) is 6.47. The minimum absolute atomic E-state index is 0.0683. The molecule has 0 aromatic rings. The van der Waals surface area contributed by atoms with Crippen LogP contribution in [0.25, 0.3) is 0 Å². The molecule has 0 aromatic carbocycles. The van der Waals surface area contributed by atoms with E-state index in [-0.39, 0.29) is 11.8 Å². The van der Waals surface area contributed by atoms with Crippen LogP contribution in [0.1, 0.15) is 39.5 Å². The van der Waals surface area contributed by atoms with Crippen molar-refractivity contribution in [2.75, 3.05) is 13.1 Å². The number of aliphatic carboxylic acids is 1. The molecule has 1 saturated carbocycles. The van der Waals surface area contributed by atoms with Crippen LogP contribution >= 0.6 is 0 Å². The molecule has 0 aromatic heterocycles. The number of carboxylic acids is 1. The van der Waals surface area contributed by atoms with E-state index in [1.165, 1.54) is 0 Å². The molecule has 96 valence electrons. The van der Waals surface area contributed by atoms with E-state index in [0.29, 0.717) is 31.8 Å². The highest BCUT2D eigenvalue weighted by atomic mass is 16.4. The van der Waals surface area contributed by atoms with Crippen LogP contribution in [0.3, 0.4) is 0 Å². The zero-order chi connectivity index (χ0) is 12.6. The minimum atomic E-state index is -0.755. The fourth-order valence-corrected chi connectivity index (χ4v) is 2.64. The van der Waals surface area contributed by atoms with Crippen molar-refractivity contribution in [3.05, 3.63) is 0 Å². The van der Waals surface area contributed by atoms with Gasteiger partial charge in [0.05, 0.1) is 5.41 Å². The molecule has 1 unspecified atom stereocenters. The molecule has 1 N–H and O–H groups in total. The van der Waals surface area contributed by atoms with Crippen LogP contribution in [-0.2, 0) is 9.59 Å². The van der Waals surface area contributed by atoms with E-state index >= 15 is 0 Å². The molecular weight excluding hydrogens is 218 g/mol. The Balaban J connectivity index is 2.00. The second-order valence-electron chi connectivity index (χ2n) is 5.83. The molecule has 1 aliphatic carbocycles. The monoisotopic (exact) mass is 239 g/mol. The summed E-state index contributed by atoms with van der Waals surface area (Å²) in [5.41, 5.74) is -0.723. The maximum Gasteiger partial charge on any atom is 0.311 e. The Bertz CT molecular complexity index is 336. The molecule has 0 radical (unpaired) electrons. The summed E-state index contributed by atoms with van der Waals surface area (Å²) >= 11 is 0. The van der Waals surface area contributed by atoms with E-state index in [1.54, 1.807) is 4.90 Å². The summed E-state index contributed by atoms with van der Waals surface area (Å²) in [4.78, 5) is 25.1. The zero-order valence-corrected chi connectivity index (χ0v) is 10.6. The van der Waals surface area contributed by atoms with Crippen LogP contribution < -0.4 is 0 Å². The van der Waals surface area contributed by atoms with E-state index in [2.05, 4.69) is 0 Å². The highest BCUT2D eigenvalue weighted by Gasteiger charge is 2.48. The molecule has 0 spiro atoms. The van der Waals surface area contributed by atoms with Crippen LogP contribution in [0.2, 0.25) is 0 Å². The molecule has 1 amide bonds. The quantitative estimate of drug-likeness (QED) is 0.813. The van der Waals surface area contributed by atoms with E-state index in [1.807, 2.05) is 13.8 Å². The molecule has 4 nitrogen and oxygen atoms in total. The van der Waals surface area contributed by atoms with Gasteiger partial charge in [-0.05, 0) is 31.1 Å². The van der Waals surface area contributed by atoms with Crippen molar-refractivity contribution in [2.45, 2.75) is 39.5 Å². The maximum absolute atomic E-state index is 12.0. The summed E-state index contributed by atoms with van der Waals surface area (Å²) in [7, 11) is 0. The van der Waals surface area contributed by atoms with Gasteiger partial charge < -0.3 is 10.0 Å². The smallest absolute Gasteiger partial charge is 0.311 e. The number of carbonyl (C=O) groups excluding carboxylic acids is 1. The SMILES string of the molecule is CC(C)C1(C(=O)O)CCN(C(=O)CC2CC2)C1. The van der Waals surface area contributed by atoms with Crippen LogP contribution in [0.4, 0.5) is 0 Å². The summed E-state index contributed by atoms with van der Waals surface area (Å²) < 4.78 is 0. The van der Waals surface area contributed by atoms with Crippen molar-refractivity contribution in [3.63, 3.8) is 0 Å². The molecule has 0 bridgehead atoms. The number of carbonyl (C=O) groups is 2. The Morgan fingerprint density at radius 1 is 1.41 bits per heavy atom. The Morgan fingerprint density at radius 3 is 2.47 bits per heavy atom. The zero-order valence-electron chi connectivity index (χ0n) is 10.6. The number of amides is 1. The number of hydrogen-bond acceptors (Lipinski definition) is 2. The average Bonchev–Trinajstić information content (AvgIpc) is 2.94. The normalized spacial score (nSPS) is 28.8.